The van der Waals surface area contributed by atoms with E-state index in [0.29, 0.717) is 6.04 Å². The van der Waals surface area contributed by atoms with Crippen molar-refractivity contribution in [2.75, 3.05) is 18.0 Å². The van der Waals surface area contributed by atoms with Crippen molar-refractivity contribution >= 4 is 5.82 Å². The Morgan fingerprint density at radius 3 is 2.40 bits per heavy atom. The molecule has 0 aliphatic carbocycles. The van der Waals surface area contributed by atoms with Gasteiger partial charge in [0.2, 0.25) is 0 Å². The highest BCUT2D eigenvalue weighted by Crippen LogP contribution is 2.16. The number of nitrogens with zero attached hydrogens (tertiary/aromatic N) is 3. The fraction of sp³-hybridized carbons (Fsp3) is 0.750. The van der Waals surface area contributed by atoms with Crippen LogP contribution in [0.15, 0.2) is 12.4 Å². The van der Waals surface area contributed by atoms with Crippen LogP contribution in [0.1, 0.15) is 53.2 Å². The summed E-state index contributed by atoms with van der Waals surface area (Å²) in [5.41, 5.74) is 1.01. The van der Waals surface area contributed by atoms with Gasteiger partial charge >= 0.3 is 0 Å². The van der Waals surface area contributed by atoms with E-state index < -0.39 is 0 Å². The number of hydrogen-bond acceptors (Lipinski definition) is 4. The van der Waals surface area contributed by atoms with Gasteiger partial charge < -0.3 is 10.2 Å². The molecule has 20 heavy (non-hydrogen) atoms. The summed E-state index contributed by atoms with van der Waals surface area (Å²) in [7, 11) is 0. The second kappa shape index (κ2) is 8.90. The summed E-state index contributed by atoms with van der Waals surface area (Å²) in [6.07, 6.45) is 6.17. The predicted octanol–water partition coefficient (Wildman–Crippen LogP) is 3.24. The molecule has 1 heterocycles. The predicted molar refractivity (Wildman–Crippen MR) is 86.0 cm³/mol. The van der Waals surface area contributed by atoms with E-state index >= 15 is 0 Å². The third-order valence-electron chi connectivity index (χ3n) is 3.70. The van der Waals surface area contributed by atoms with Crippen LogP contribution in [0, 0.1) is 5.92 Å². The van der Waals surface area contributed by atoms with Gasteiger partial charge in [0, 0.05) is 31.9 Å². The van der Waals surface area contributed by atoms with Crippen molar-refractivity contribution in [3.05, 3.63) is 18.1 Å². The number of rotatable bonds is 9. The molecule has 0 bridgehead atoms. The summed E-state index contributed by atoms with van der Waals surface area (Å²) < 4.78 is 0. The Morgan fingerprint density at radius 2 is 1.85 bits per heavy atom. The lowest BCUT2D eigenvalue weighted by atomic mass is 10.0. The molecule has 0 saturated carbocycles. The van der Waals surface area contributed by atoms with Gasteiger partial charge in [0.05, 0.1) is 11.9 Å². The Labute approximate surface area is 124 Å². The molecule has 0 aromatic carbocycles. The molecule has 4 nitrogen and oxygen atoms in total. The minimum atomic E-state index is 0.465. The van der Waals surface area contributed by atoms with E-state index in [0.717, 1.165) is 37.1 Å². The molecule has 0 aliphatic rings. The molecule has 0 radical (unpaired) electrons. The first kappa shape index (κ1) is 16.9. The molecular weight excluding hydrogens is 248 g/mol. The zero-order valence-corrected chi connectivity index (χ0v) is 13.7. The Morgan fingerprint density at radius 1 is 1.15 bits per heavy atom. The van der Waals surface area contributed by atoms with Crippen LogP contribution in [0.3, 0.4) is 0 Å². The van der Waals surface area contributed by atoms with Crippen LogP contribution >= 0.6 is 0 Å². The summed E-state index contributed by atoms with van der Waals surface area (Å²) in [6.45, 7) is 13.8. The lowest BCUT2D eigenvalue weighted by Gasteiger charge is -2.26. The molecule has 0 saturated heterocycles. The van der Waals surface area contributed by atoms with Crippen molar-refractivity contribution in [3.8, 4) is 0 Å². The van der Waals surface area contributed by atoms with E-state index in [1.54, 1.807) is 0 Å². The summed E-state index contributed by atoms with van der Waals surface area (Å²) in [5.74, 6) is 1.73. The molecule has 1 rings (SSSR count). The first-order valence-electron chi connectivity index (χ1n) is 7.89. The fourth-order valence-electron chi connectivity index (χ4n) is 2.18. The zero-order chi connectivity index (χ0) is 15.0. The van der Waals surface area contributed by atoms with E-state index in [4.69, 9.17) is 4.98 Å². The van der Waals surface area contributed by atoms with Gasteiger partial charge in [-0.25, -0.2) is 4.98 Å². The molecule has 0 fully saturated rings. The SMILES string of the molecule is CCC(CC)CN(CC)c1cncc(CNC(C)C)n1. The van der Waals surface area contributed by atoms with Gasteiger partial charge in [0.1, 0.15) is 5.82 Å². The van der Waals surface area contributed by atoms with Crippen LogP contribution in [0.25, 0.3) is 0 Å². The van der Waals surface area contributed by atoms with Gasteiger partial charge in [-0.1, -0.05) is 40.5 Å². The number of aromatic nitrogens is 2. The van der Waals surface area contributed by atoms with Crippen LogP contribution in [0.4, 0.5) is 5.82 Å². The average Bonchev–Trinajstić information content (AvgIpc) is 2.47. The van der Waals surface area contributed by atoms with Crippen molar-refractivity contribution in [1.29, 1.82) is 0 Å². The van der Waals surface area contributed by atoms with E-state index in [9.17, 15) is 0 Å². The number of nitrogens with one attached hydrogen (secondary N) is 1. The van der Waals surface area contributed by atoms with Crippen molar-refractivity contribution in [2.45, 2.75) is 60.0 Å². The summed E-state index contributed by atoms with van der Waals surface area (Å²) in [6, 6.07) is 0.465. The summed E-state index contributed by atoms with van der Waals surface area (Å²) in [5, 5.41) is 3.39. The minimum absolute atomic E-state index is 0.465. The van der Waals surface area contributed by atoms with E-state index in [1.807, 2.05) is 12.4 Å². The third kappa shape index (κ3) is 5.45. The quantitative estimate of drug-likeness (QED) is 0.753. The molecular formula is C16H30N4. The van der Waals surface area contributed by atoms with Gasteiger partial charge in [0.25, 0.3) is 0 Å². The van der Waals surface area contributed by atoms with Crippen LogP contribution < -0.4 is 10.2 Å². The highest BCUT2D eigenvalue weighted by molar-refractivity contribution is 5.36. The minimum Gasteiger partial charge on any atom is -0.355 e. The van der Waals surface area contributed by atoms with Gasteiger partial charge in [-0.2, -0.15) is 0 Å². The maximum absolute atomic E-state index is 4.74. The van der Waals surface area contributed by atoms with Gasteiger partial charge in [-0.3, -0.25) is 4.98 Å². The first-order valence-corrected chi connectivity index (χ1v) is 7.89. The molecule has 0 unspecified atom stereocenters. The molecule has 114 valence electrons. The van der Waals surface area contributed by atoms with Crippen molar-refractivity contribution in [3.63, 3.8) is 0 Å². The Balaban J connectivity index is 2.74. The van der Waals surface area contributed by atoms with Crippen molar-refractivity contribution in [1.82, 2.24) is 15.3 Å². The van der Waals surface area contributed by atoms with E-state index in [1.165, 1.54) is 12.8 Å². The molecule has 0 aliphatic heterocycles. The maximum atomic E-state index is 4.74. The van der Waals surface area contributed by atoms with Crippen LogP contribution in [0.2, 0.25) is 0 Å². The third-order valence-corrected chi connectivity index (χ3v) is 3.70. The fourth-order valence-corrected chi connectivity index (χ4v) is 2.18. The number of hydrogen-bond donors (Lipinski definition) is 1. The van der Waals surface area contributed by atoms with Gasteiger partial charge in [0.15, 0.2) is 0 Å². The number of anilines is 1. The smallest absolute Gasteiger partial charge is 0.147 e. The van der Waals surface area contributed by atoms with Crippen LogP contribution in [-0.2, 0) is 6.54 Å². The second-order valence-corrected chi connectivity index (χ2v) is 5.63. The molecule has 0 atom stereocenters. The van der Waals surface area contributed by atoms with Gasteiger partial charge in [-0.15, -0.1) is 0 Å². The Kier molecular flexibility index (Phi) is 7.52. The average molecular weight is 278 g/mol. The Hall–Kier alpha value is -1.16. The first-order chi connectivity index (χ1) is 9.60. The summed E-state index contributed by atoms with van der Waals surface area (Å²) >= 11 is 0. The van der Waals surface area contributed by atoms with E-state index in [-0.39, 0.29) is 0 Å². The summed E-state index contributed by atoms with van der Waals surface area (Å²) in [4.78, 5) is 11.4. The van der Waals surface area contributed by atoms with Crippen molar-refractivity contribution < 1.29 is 0 Å². The highest BCUT2D eigenvalue weighted by Gasteiger charge is 2.12. The molecule has 1 N–H and O–H groups in total. The van der Waals surface area contributed by atoms with Gasteiger partial charge in [-0.05, 0) is 12.8 Å². The monoisotopic (exact) mass is 278 g/mol. The zero-order valence-electron chi connectivity index (χ0n) is 13.7. The van der Waals surface area contributed by atoms with E-state index in [2.05, 4.69) is 49.8 Å². The normalized spacial score (nSPS) is 11.3. The largest absolute Gasteiger partial charge is 0.355 e. The Bertz CT molecular complexity index is 374. The topological polar surface area (TPSA) is 41.1 Å². The van der Waals surface area contributed by atoms with Crippen molar-refractivity contribution in [2.24, 2.45) is 5.92 Å². The molecule has 0 amide bonds. The standard InChI is InChI=1S/C16H30N4/c1-6-14(7-2)12-20(8-3)16-11-17-9-15(19-16)10-18-13(4)5/h9,11,13-14,18H,6-8,10,12H2,1-5H3. The van der Waals surface area contributed by atoms with Crippen LogP contribution in [-0.4, -0.2) is 29.1 Å². The lowest BCUT2D eigenvalue weighted by Crippen LogP contribution is -2.30. The molecule has 0 spiro atoms. The molecule has 1 aromatic heterocycles. The van der Waals surface area contributed by atoms with Crippen LogP contribution in [0.5, 0.6) is 0 Å². The highest BCUT2D eigenvalue weighted by atomic mass is 15.2. The molecule has 4 heteroatoms. The maximum Gasteiger partial charge on any atom is 0.147 e. The second-order valence-electron chi connectivity index (χ2n) is 5.63. The molecule has 1 aromatic rings. The lowest BCUT2D eigenvalue weighted by molar-refractivity contribution is 0.483.